The average molecular weight is 545 g/mol. The zero-order chi connectivity index (χ0) is 26.6. The second kappa shape index (κ2) is 11.0. The number of amides is 1. The first kappa shape index (κ1) is 26.2. The van der Waals surface area contributed by atoms with E-state index < -0.39 is 15.7 Å². The van der Waals surface area contributed by atoms with Crippen molar-refractivity contribution in [3.63, 3.8) is 0 Å². The summed E-state index contributed by atoms with van der Waals surface area (Å²) in [7, 11) is -0.626. The van der Waals surface area contributed by atoms with Crippen LogP contribution in [0.5, 0.6) is 23.0 Å². The first-order valence-electron chi connectivity index (χ1n) is 11.0. The standard InChI is InChI=1S/C24H24N4O7S2/c1-32-16-6-8-17(9-7-16)34-11-4-12-35-19-10-5-15(14-20(19)33-2)13-18-21(25)28-23(26-22(18)29)36-27-24(28)37(3,30)31/h5-10,13-14,25H,4,11-12H2,1-3H3. The zero-order valence-electron chi connectivity index (χ0n) is 20.3. The lowest BCUT2D eigenvalue weighted by molar-refractivity contribution is -0.114. The van der Waals surface area contributed by atoms with Crippen LogP contribution in [0.25, 0.3) is 6.08 Å². The van der Waals surface area contributed by atoms with Gasteiger partial charge in [0.15, 0.2) is 11.5 Å². The number of amidine groups is 3. The van der Waals surface area contributed by atoms with Crippen LogP contribution >= 0.6 is 11.9 Å². The quantitative estimate of drug-likeness (QED) is 0.286. The Kier molecular flexibility index (Phi) is 7.83. The van der Waals surface area contributed by atoms with Gasteiger partial charge in [0.2, 0.25) is 20.2 Å². The molecule has 2 heterocycles. The van der Waals surface area contributed by atoms with Crippen molar-refractivity contribution in [1.29, 1.82) is 5.41 Å². The molecule has 37 heavy (non-hydrogen) atoms. The molecule has 2 aliphatic rings. The van der Waals surface area contributed by atoms with E-state index in [0.717, 1.165) is 34.6 Å². The predicted molar refractivity (Wildman–Crippen MR) is 141 cm³/mol. The normalized spacial score (nSPS) is 16.3. The zero-order valence-corrected chi connectivity index (χ0v) is 21.9. The number of hydrogen-bond donors (Lipinski definition) is 1. The monoisotopic (exact) mass is 544 g/mol. The van der Waals surface area contributed by atoms with E-state index in [1.54, 1.807) is 25.3 Å². The van der Waals surface area contributed by atoms with Gasteiger partial charge in [0.1, 0.15) is 17.3 Å². The van der Waals surface area contributed by atoms with Crippen LogP contribution in [0.15, 0.2) is 57.4 Å². The number of hydrogen-bond acceptors (Lipinski definition) is 10. The summed E-state index contributed by atoms with van der Waals surface area (Å²) in [5.41, 5.74) is 0.470. The Morgan fingerprint density at radius 3 is 2.38 bits per heavy atom. The van der Waals surface area contributed by atoms with Gasteiger partial charge in [-0.3, -0.25) is 10.2 Å². The lowest BCUT2D eigenvalue weighted by Crippen LogP contribution is -2.45. The van der Waals surface area contributed by atoms with E-state index in [1.165, 1.54) is 13.2 Å². The molecule has 0 atom stereocenters. The van der Waals surface area contributed by atoms with E-state index in [9.17, 15) is 13.2 Å². The van der Waals surface area contributed by atoms with Gasteiger partial charge in [0.25, 0.3) is 5.91 Å². The number of methoxy groups -OCH3 is 2. The Morgan fingerprint density at radius 1 is 1.00 bits per heavy atom. The van der Waals surface area contributed by atoms with Crippen molar-refractivity contribution in [3.05, 3.63) is 53.6 Å². The van der Waals surface area contributed by atoms with Gasteiger partial charge >= 0.3 is 0 Å². The Morgan fingerprint density at radius 2 is 1.70 bits per heavy atom. The molecule has 0 fully saturated rings. The number of nitrogens with zero attached hydrogens (tertiary/aromatic N) is 3. The number of carbonyl (C=O) groups is 1. The highest BCUT2D eigenvalue weighted by molar-refractivity contribution is 8.16. The topological polar surface area (TPSA) is 140 Å². The number of rotatable bonds is 9. The van der Waals surface area contributed by atoms with Crippen molar-refractivity contribution in [1.82, 2.24) is 4.90 Å². The number of ether oxygens (including phenoxy) is 4. The van der Waals surface area contributed by atoms with Crippen LogP contribution in [0.3, 0.4) is 0 Å². The number of nitrogens with one attached hydrogen (secondary N) is 1. The molecular formula is C24H24N4O7S2. The molecule has 0 aliphatic carbocycles. The van der Waals surface area contributed by atoms with E-state index in [1.807, 2.05) is 24.3 Å². The summed E-state index contributed by atoms with van der Waals surface area (Å²) < 4.78 is 50.0. The molecule has 0 bridgehead atoms. The van der Waals surface area contributed by atoms with Crippen LogP contribution in [0.4, 0.5) is 0 Å². The number of carbonyl (C=O) groups excluding carboxylic acids is 1. The van der Waals surface area contributed by atoms with E-state index in [2.05, 4.69) is 9.39 Å². The lowest BCUT2D eigenvalue weighted by Gasteiger charge is -2.23. The predicted octanol–water partition coefficient (Wildman–Crippen LogP) is 3.17. The van der Waals surface area contributed by atoms with Crippen LogP contribution in [-0.2, 0) is 14.6 Å². The van der Waals surface area contributed by atoms with Crippen molar-refractivity contribution >= 4 is 49.9 Å². The highest BCUT2D eigenvalue weighted by atomic mass is 32.2. The minimum absolute atomic E-state index is 0.0323. The van der Waals surface area contributed by atoms with Crippen molar-refractivity contribution < 1.29 is 32.2 Å². The summed E-state index contributed by atoms with van der Waals surface area (Å²) in [6.45, 7) is 0.840. The van der Waals surface area contributed by atoms with Crippen LogP contribution < -0.4 is 18.9 Å². The SMILES string of the molecule is COc1ccc(OCCCOc2ccc(C=C3C(=N)N4C(=NC3=O)SN=C4S(C)(=O)=O)cc2OC)cc1. The van der Waals surface area contributed by atoms with Crippen LogP contribution in [0, 0.1) is 5.41 Å². The van der Waals surface area contributed by atoms with Crippen molar-refractivity contribution in [2.75, 3.05) is 33.7 Å². The molecule has 11 nitrogen and oxygen atoms in total. The highest BCUT2D eigenvalue weighted by Crippen LogP contribution is 2.32. The van der Waals surface area contributed by atoms with E-state index in [-0.39, 0.29) is 21.7 Å². The van der Waals surface area contributed by atoms with Gasteiger partial charge in [-0.15, -0.1) is 0 Å². The summed E-state index contributed by atoms with van der Waals surface area (Å²) in [6.07, 6.45) is 3.06. The van der Waals surface area contributed by atoms with Gasteiger partial charge in [-0.25, -0.2) is 13.3 Å². The summed E-state index contributed by atoms with van der Waals surface area (Å²) in [5.74, 6) is 1.44. The van der Waals surface area contributed by atoms with Gasteiger partial charge in [-0.05, 0) is 48.0 Å². The molecule has 4 rings (SSSR count). The van der Waals surface area contributed by atoms with Gasteiger partial charge in [-0.2, -0.15) is 9.39 Å². The molecule has 2 aromatic carbocycles. The van der Waals surface area contributed by atoms with Gasteiger partial charge in [0, 0.05) is 12.7 Å². The number of sulfone groups is 1. The molecule has 0 saturated heterocycles. The molecule has 0 radical (unpaired) electrons. The molecule has 2 aromatic rings. The van der Waals surface area contributed by atoms with Crippen molar-refractivity contribution in [3.8, 4) is 23.0 Å². The third-order valence-electron chi connectivity index (χ3n) is 5.20. The minimum atomic E-state index is -3.72. The molecular weight excluding hydrogens is 520 g/mol. The Balaban J connectivity index is 1.41. The molecule has 1 amide bonds. The van der Waals surface area contributed by atoms with Gasteiger partial charge in [-0.1, -0.05) is 6.07 Å². The Hall–Kier alpha value is -3.84. The van der Waals surface area contributed by atoms with E-state index in [4.69, 9.17) is 24.4 Å². The molecule has 0 aromatic heterocycles. The third kappa shape index (κ3) is 5.94. The summed E-state index contributed by atoms with van der Waals surface area (Å²) in [4.78, 5) is 17.5. The average Bonchev–Trinajstić information content (AvgIpc) is 3.32. The van der Waals surface area contributed by atoms with Gasteiger partial charge < -0.3 is 18.9 Å². The van der Waals surface area contributed by atoms with Crippen LogP contribution in [0.1, 0.15) is 12.0 Å². The number of fused-ring (bicyclic) bond motifs is 1. The van der Waals surface area contributed by atoms with Crippen LogP contribution in [0.2, 0.25) is 0 Å². The first-order chi connectivity index (χ1) is 17.7. The smallest absolute Gasteiger partial charge is 0.283 e. The van der Waals surface area contributed by atoms with E-state index in [0.29, 0.717) is 36.7 Å². The fourth-order valence-corrected chi connectivity index (χ4v) is 5.25. The third-order valence-corrected chi connectivity index (χ3v) is 6.95. The summed E-state index contributed by atoms with van der Waals surface area (Å²) in [5, 5.41) is 8.14. The fraction of sp³-hybridized carbons (Fsp3) is 0.250. The van der Waals surface area contributed by atoms with Crippen molar-refractivity contribution in [2.24, 2.45) is 9.39 Å². The molecule has 13 heteroatoms. The second-order valence-corrected chi connectivity index (χ2v) is 10.5. The minimum Gasteiger partial charge on any atom is -0.497 e. The Bertz CT molecular complexity index is 1420. The molecule has 0 saturated carbocycles. The number of aliphatic imine (C=N–C) groups is 1. The summed E-state index contributed by atoms with van der Waals surface area (Å²) >= 11 is 0.742. The molecule has 2 aliphatic heterocycles. The molecule has 1 N–H and O–H groups in total. The maximum absolute atomic E-state index is 12.6. The molecule has 0 spiro atoms. The maximum atomic E-state index is 12.6. The number of benzene rings is 2. The van der Waals surface area contributed by atoms with Gasteiger partial charge in [0.05, 0.1) is 45.0 Å². The largest absolute Gasteiger partial charge is 0.497 e. The maximum Gasteiger partial charge on any atom is 0.283 e. The van der Waals surface area contributed by atoms with E-state index >= 15 is 0 Å². The molecule has 0 unspecified atom stereocenters. The fourth-order valence-electron chi connectivity index (χ4n) is 3.40. The second-order valence-electron chi connectivity index (χ2n) is 7.82. The Labute approximate surface area is 218 Å². The van der Waals surface area contributed by atoms with Crippen LogP contribution in [-0.4, -0.2) is 69.1 Å². The lowest BCUT2D eigenvalue weighted by atomic mass is 10.1. The molecule has 194 valence electrons. The summed E-state index contributed by atoms with van der Waals surface area (Å²) in [6, 6.07) is 12.3. The highest BCUT2D eigenvalue weighted by Gasteiger charge is 2.41. The van der Waals surface area contributed by atoms with Crippen molar-refractivity contribution in [2.45, 2.75) is 6.42 Å². The first-order valence-corrected chi connectivity index (χ1v) is 13.6.